The minimum absolute atomic E-state index is 0.409. The van der Waals surface area contributed by atoms with E-state index in [0.29, 0.717) is 12.1 Å². The monoisotopic (exact) mass is 264 g/mol. The van der Waals surface area contributed by atoms with E-state index in [1.807, 2.05) is 0 Å². The lowest BCUT2D eigenvalue weighted by Crippen LogP contribution is -2.35. The van der Waals surface area contributed by atoms with Gasteiger partial charge >= 0.3 is 0 Å². The highest BCUT2D eigenvalue weighted by Gasteiger charge is 2.19. The van der Waals surface area contributed by atoms with Crippen LogP contribution < -0.4 is 5.32 Å². The third-order valence-corrected chi connectivity index (χ3v) is 4.77. The van der Waals surface area contributed by atoms with Crippen molar-refractivity contribution in [1.29, 1.82) is 0 Å². The van der Waals surface area contributed by atoms with Crippen LogP contribution in [0.1, 0.15) is 48.3 Å². The van der Waals surface area contributed by atoms with Gasteiger partial charge in [0.25, 0.3) is 0 Å². The van der Waals surface area contributed by atoms with Gasteiger partial charge in [-0.1, -0.05) is 0 Å². The quantitative estimate of drug-likeness (QED) is 0.903. The predicted octanol–water partition coefficient (Wildman–Crippen LogP) is 3.55. The molecule has 1 saturated heterocycles. The fraction of sp³-hybridized carbons (Fsp3) is 0.667. The third-order valence-electron chi connectivity index (χ3n) is 3.72. The van der Waals surface area contributed by atoms with E-state index in [-0.39, 0.29) is 0 Å². The van der Waals surface area contributed by atoms with Gasteiger partial charge in [0.05, 0.1) is 0 Å². The summed E-state index contributed by atoms with van der Waals surface area (Å²) in [5.74, 6) is 2.60. The van der Waals surface area contributed by atoms with Crippen LogP contribution in [0.3, 0.4) is 0 Å². The van der Waals surface area contributed by atoms with Crippen LogP contribution in [0.5, 0.6) is 0 Å². The lowest BCUT2D eigenvalue weighted by atomic mass is 9.99. The highest BCUT2D eigenvalue weighted by atomic mass is 32.2. The van der Waals surface area contributed by atoms with Crippen LogP contribution in [0, 0.1) is 20.8 Å². The summed E-state index contributed by atoms with van der Waals surface area (Å²) < 4.78 is 0. The van der Waals surface area contributed by atoms with Crippen molar-refractivity contribution in [3.05, 3.63) is 28.6 Å². The Morgan fingerprint density at radius 1 is 1.28 bits per heavy atom. The molecule has 1 aromatic rings. The molecule has 2 heterocycles. The van der Waals surface area contributed by atoms with Gasteiger partial charge in [0.15, 0.2) is 0 Å². The molecule has 1 aliphatic rings. The first-order chi connectivity index (χ1) is 8.58. The molecule has 1 N–H and O–H groups in total. The normalized spacial score (nSPS) is 18.9. The molecule has 1 atom stereocenters. The van der Waals surface area contributed by atoms with E-state index in [1.54, 1.807) is 0 Å². The SMILES string of the molecule is Cc1cc(C)c(C(C)NC2CCSCC2)c(C)n1. The Morgan fingerprint density at radius 2 is 1.94 bits per heavy atom. The van der Waals surface area contributed by atoms with Gasteiger partial charge in [-0.2, -0.15) is 11.8 Å². The van der Waals surface area contributed by atoms with Crippen LogP contribution in [0.25, 0.3) is 0 Å². The molecule has 0 aromatic carbocycles. The zero-order valence-corrected chi connectivity index (χ0v) is 12.7. The number of nitrogens with one attached hydrogen (secondary N) is 1. The summed E-state index contributed by atoms with van der Waals surface area (Å²) in [5, 5.41) is 3.78. The molecule has 2 rings (SSSR count). The van der Waals surface area contributed by atoms with Crippen molar-refractivity contribution in [3.63, 3.8) is 0 Å². The standard InChI is InChI=1S/C15H24N2S/c1-10-9-11(2)16-12(3)15(10)13(4)17-14-5-7-18-8-6-14/h9,13-14,17H,5-8H2,1-4H3. The van der Waals surface area contributed by atoms with Crippen LogP contribution in [0.15, 0.2) is 6.07 Å². The minimum Gasteiger partial charge on any atom is -0.307 e. The molecule has 18 heavy (non-hydrogen) atoms. The van der Waals surface area contributed by atoms with Crippen LogP contribution in [-0.4, -0.2) is 22.5 Å². The lowest BCUT2D eigenvalue weighted by Gasteiger charge is -2.28. The Kier molecular flexibility index (Phi) is 4.68. The smallest absolute Gasteiger partial charge is 0.0426 e. The van der Waals surface area contributed by atoms with Crippen molar-refractivity contribution >= 4 is 11.8 Å². The van der Waals surface area contributed by atoms with E-state index in [0.717, 1.165) is 5.69 Å². The number of rotatable bonds is 3. The van der Waals surface area contributed by atoms with Gasteiger partial charge in [-0.05, 0) is 69.2 Å². The fourth-order valence-electron chi connectivity index (χ4n) is 2.99. The largest absolute Gasteiger partial charge is 0.307 e. The summed E-state index contributed by atoms with van der Waals surface area (Å²) >= 11 is 2.08. The van der Waals surface area contributed by atoms with E-state index in [9.17, 15) is 0 Å². The lowest BCUT2D eigenvalue weighted by molar-refractivity contribution is 0.428. The molecule has 1 aromatic heterocycles. The van der Waals surface area contributed by atoms with Gasteiger partial charge in [0, 0.05) is 23.5 Å². The van der Waals surface area contributed by atoms with Crippen molar-refractivity contribution in [1.82, 2.24) is 10.3 Å². The van der Waals surface area contributed by atoms with Crippen molar-refractivity contribution in [2.75, 3.05) is 11.5 Å². The second-order valence-corrected chi connectivity index (χ2v) is 6.58. The Morgan fingerprint density at radius 3 is 2.56 bits per heavy atom. The summed E-state index contributed by atoms with van der Waals surface area (Å²) in [7, 11) is 0. The molecular weight excluding hydrogens is 240 g/mol. The Bertz CT molecular complexity index is 388. The van der Waals surface area contributed by atoms with Gasteiger partial charge in [-0.15, -0.1) is 0 Å². The predicted molar refractivity (Wildman–Crippen MR) is 80.3 cm³/mol. The first-order valence-electron chi connectivity index (χ1n) is 6.86. The Balaban J connectivity index is 2.10. The number of hydrogen-bond donors (Lipinski definition) is 1. The second-order valence-electron chi connectivity index (χ2n) is 5.35. The molecular formula is C15H24N2S. The van der Waals surface area contributed by atoms with Gasteiger partial charge < -0.3 is 5.32 Å². The number of aromatic nitrogens is 1. The van der Waals surface area contributed by atoms with E-state index < -0.39 is 0 Å². The maximum Gasteiger partial charge on any atom is 0.0426 e. The zero-order chi connectivity index (χ0) is 13.1. The van der Waals surface area contributed by atoms with Gasteiger partial charge in [0.1, 0.15) is 0 Å². The topological polar surface area (TPSA) is 24.9 Å². The Labute approximate surface area is 115 Å². The molecule has 0 spiro atoms. The maximum absolute atomic E-state index is 4.60. The Hall–Kier alpha value is -0.540. The summed E-state index contributed by atoms with van der Waals surface area (Å²) in [5.41, 5.74) is 5.05. The van der Waals surface area contributed by atoms with Crippen molar-refractivity contribution in [2.45, 2.75) is 52.6 Å². The number of thioether (sulfide) groups is 1. The average Bonchev–Trinajstić information content (AvgIpc) is 2.28. The number of hydrogen-bond acceptors (Lipinski definition) is 3. The fourth-order valence-corrected chi connectivity index (χ4v) is 4.10. The average molecular weight is 264 g/mol. The zero-order valence-electron chi connectivity index (χ0n) is 11.9. The van der Waals surface area contributed by atoms with E-state index in [1.165, 1.54) is 41.2 Å². The molecule has 0 amide bonds. The van der Waals surface area contributed by atoms with Crippen molar-refractivity contribution in [2.24, 2.45) is 0 Å². The van der Waals surface area contributed by atoms with Crippen LogP contribution >= 0.6 is 11.8 Å². The molecule has 0 aliphatic carbocycles. The molecule has 2 nitrogen and oxygen atoms in total. The van der Waals surface area contributed by atoms with Gasteiger partial charge in [-0.3, -0.25) is 4.98 Å². The number of nitrogens with zero attached hydrogens (tertiary/aromatic N) is 1. The van der Waals surface area contributed by atoms with Crippen molar-refractivity contribution in [3.8, 4) is 0 Å². The molecule has 0 radical (unpaired) electrons. The highest BCUT2D eigenvalue weighted by Crippen LogP contribution is 2.24. The van der Waals surface area contributed by atoms with E-state index in [2.05, 4.69) is 55.8 Å². The molecule has 1 aliphatic heterocycles. The second kappa shape index (κ2) is 6.07. The summed E-state index contributed by atoms with van der Waals surface area (Å²) in [6, 6.07) is 3.28. The molecule has 3 heteroatoms. The summed E-state index contributed by atoms with van der Waals surface area (Å²) in [6.45, 7) is 8.67. The number of pyridine rings is 1. The summed E-state index contributed by atoms with van der Waals surface area (Å²) in [6.07, 6.45) is 2.60. The highest BCUT2D eigenvalue weighted by molar-refractivity contribution is 7.99. The summed E-state index contributed by atoms with van der Waals surface area (Å²) in [4.78, 5) is 4.60. The molecule has 100 valence electrons. The molecule has 0 bridgehead atoms. The van der Waals surface area contributed by atoms with Crippen LogP contribution in [0.2, 0.25) is 0 Å². The molecule has 1 fully saturated rings. The van der Waals surface area contributed by atoms with Gasteiger partial charge in [0.2, 0.25) is 0 Å². The van der Waals surface area contributed by atoms with E-state index in [4.69, 9.17) is 0 Å². The first kappa shape index (κ1) is 13.9. The molecule has 0 saturated carbocycles. The molecule has 1 unspecified atom stereocenters. The van der Waals surface area contributed by atoms with Gasteiger partial charge in [-0.25, -0.2) is 0 Å². The third kappa shape index (κ3) is 3.27. The first-order valence-corrected chi connectivity index (χ1v) is 8.02. The van der Waals surface area contributed by atoms with Crippen LogP contribution in [-0.2, 0) is 0 Å². The number of aryl methyl sites for hydroxylation is 3. The minimum atomic E-state index is 0.409. The van der Waals surface area contributed by atoms with E-state index >= 15 is 0 Å². The maximum atomic E-state index is 4.60. The van der Waals surface area contributed by atoms with Crippen LogP contribution in [0.4, 0.5) is 0 Å². The van der Waals surface area contributed by atoms with Crippen molar-refractivity contribution < 1.29 is 0 Å².